The zero-order chi connectivity index (χ0) is 15.2. The first-order chi connectivity index (χ1) is 10.1. The van der Waals surface area contributed by atoms with Crippen molar-refractivity contribution in [2.75, 3.05) is 5.32 Å². The lowest BCUT2D eigenvalue weighted by Crippen LogP contribution is -2.62. The molecular weight excluding hydrogens is 264 g/mol. The van der Waals surface area contributed by atoms with Gasteiger partial charge in [0.15, 0.2) is 11.6 Å². The van der Waals surface area contributed by atoms with Gasteiger partial charge in [-0.05, 0) is 62.4 Å². The second-order valence-corrected chi connectivity index (χ2v) is 4.70. The predicted octanol–water partition coefficient (Wildman–Crippen LogP) is 1.94. The summed E-state index contributed by atoms with van der Waals surface area (Å²) < 4.78 is 0. The Morgan fingerprint density at radius 1 is 0.857 bits per heavy atom. The van der Waals surface area contributed by atoms with Crippen LogP contribution in [0.2, 0.25) is 0 Å². The highest BCUT2D eigenvalue weighted by atomic mass is 16.1. The highest BCUT2D eigenvalue weighted by molar-refractivity contribution is 5.95. The molecule has 2 aromatic carbocycles. The topological polar surface area (TPSA) is 60.1 Å². The molecule has 2 N–H and O–H groups in total. The number of hydrogen-bond acceptors (Lipinski definition) is 2. The Kier molecular flexibility index (Phi) is 4.61. The minimum atomic E-state index is 0.0502. The Balaban J connectivity index is 1.98. The van der Waals surface area contributed by atoms with Gasteiger partial charge < -0.3 is 0 Å². The van der Waals surface area contributed by atoms with Gasteiger partial charge in [-0.25, -0.2) is 10.3 Å². The lowest BCUT2D eigenvalue weighted by atomic mass is 10.1. The normalized spacial score (nSPS) is 10.6. The average Bonchev–Trinajstić information content (AvgIpc) is 2.48. The number of ketones is 2. The Bertz CT molecular complexity index is 671. The van der Waals surface area contributed by atoms with Gasteiger partial charge in [-0.2, -0.15) is 0 Å². The van der Waals surface area contributed by atoms with E-state index in [1.165, 1.54) is 0 Å². The van der Waals surface area contributed by atoms with Crippen LogP contribution in [-0.2, 0) is 0 Å². The largest absolute Gasteiger partial charge is 0.295 e. The lowest BCUT2D eigenvalue weighted by molar-refractivity contribution is -0.347. The van der Waals surface area contributed by atoms with Crippen molar-refractivity contribution in [3.8, 4) is 0 Å². The van der Waals surface area contributed by atoms with Crippen LogP contribution in [0.4, 0.5) is 11.4 Å². The zero-order valence-corrected chi connectivity index (χ0v) is 12.0. The molecule has 0 radical (unpaired) electrons. The van der Waals surface area contributed by atoms with E-state index in [-0.39, 0.29) is 11.6 Å². The Morgan fingerprint density at radius 3 is 1.81 bits per heavy atom. The monoisotopic (exact) mass is 281 g/mol. The molecule has 4 nitrogen and oxygen atoms in total. The molecular formula is C17H17N2O2+. The van der Waals surface area contributed by atoms with E-state index in [0.29, 0.717) is 11.1 Å². The summed E-state index contributed by atoms with van der Waals surface area (Å²) in [5.41, 5.74) is 3.14. The molecule has 106 valence electrons. The molecule has 0 saturated heterocycles. The van der Waals surface area contributed by atoms with E-state index in [2.05, 4.69) is 10.3 Å². The molecule has 0 bridgehead atoms. The van der Waals surface area contributed by atoms with Crippen molar-refractivity contribution in [1.29, 1.82) is 0 Å². The number of carbonyl (C=O) groups is 2. The first-order valence-corrected chi connectivity index (χ1v) is 6.63. The Hall–Kier alpha value is -2.75. The van der Waals surface area contributed by atoms with Crippen LogP contribution in [-0.4, -0.2) is 17.9 Å². The van der Waals surface area contributed by atoms with Crippen LogP contribution in [0.3, 0.4) is 0 Å². The predicted molar refractivity (Wildman–Crippen MR) is 83.2 cm³/mol. The van der Waals surface area contributed by atoms with Crippen LogP contribution < -0.4 is 10.3 Å². The first-order valence-electron chi connectivity index (χ1n) is 6.63. The second kappa shape index (κ2) is 6.61. The molecule has 0 fully saturated rings. The minimum Gasteiger partial charge on any atom is -0.295 e. The van der Waals surface area contributed by atoms with Crippen molar-refractivity contribution in [3.05, 3.63) is 59.7 Å². The summed E-state index contributed by atoms with van der Waals surface area (Å²) in [4.78, 5) is 25.4. The number of carbonyl (C=O) groups excluding carboxylic acids is 2. The molecule has 0 aromatic heterocycles. The summed E-state index contributed by atoms with van der Waals surface area (Å²) in [5.74, 6) is 0.100. The van der Waals surface area contributed by atoms with E-state index < -0.39 is 0 Å². The molecule has 0 saturated carbocycles. The van der Waals surface area contributed by atoms with Crippen LogP contribution >= 0.6 is 0 Å². The van der Waals surface area contributed by atoms with Crippen molar-refractivity contribution < 1.29 is 14.6 Å². The number of hydrogen-bond donors (Lipinski definition) is 2. The van der Waals surface area contributed by atoms with Crippen molar-refractivity contribution in [1.82, 2.24) is 0 Å². The molecule has 0 atom stereocenters. The quantitative estimate of drug-likeness (QED) is 0.500. The number of rotatable bonds is 5. The van der Waals surface area contributed by atoms with Gasteiger partial charge in [-0.3, -0.25) is 9.59 Å². The SMILES string of the molecule is CC(=O)c1ccc(NC=[NH+]c2ccc(C(C)=O)cc2)cc1. The maximum absolute atomic E-state index is 11.2. The second-order valence-electron chi connectivity index (χ2n) is 4.70. The number of anilines is 1. The van der Waals surface area contributed by atoms with Gasteiger partial charge in [0.1, 0.15) is 11.4 Å². The molecule has 2 rings (SSSR count). The molecule has 0 aliphatic rings. The van der Waals surface area contributed by atoms with Gasteiger partial charge in [0.2, 0.25) is 6.34 Å². The summed E-state index contributed by atoms with van der Waals surface area (Å²) >= 11 is 0. The van der Waals surface area contributed by atoms with Crippen LogP contribution in [0, 0.1) is 0 Å². The fourth-order valence-corrected chi connectivity index (χ4v) is 1.81. The average molecular weight is 281 g/mol. The van der Waals surface area contributed by atoms with E-state index in [9.17, 15) is 9.59 Å². The van der Waals surface area contributed by atoms with E-state index in [1.54, 1.807) is 44.5 Å². The summed E-state index contributed by atoms with van der Waals surface area (Å²) in [7, 11) is 0. The third-order valence-corrected chi connectivity index (χ3v) is 3.06. The molecule has 4 heteroatoms. The highest BCUT2D eigenvalue weighted by Gasteiger charge is 2.01. The van der Waals surface area contributed by atoms with Crippen LogP contribution in [0.25, 0.3) is 0 Å². The molecule has 0 heterocycles. The number of nitrogens with one attached hydrogen (secondary N) is 2. The fourth-order valence-electron chi connectivity index (χ4n) is 1.81. The van der Waals surface area contributed by atoms with E-state index in [0.717, 1.165) is 11.4 Å². The van der Waals surface area contributed by atoms with Crippen molar-refractivity contribution in [2.45, 2.75) is 13.8 Å². The van der Waals surface area contributed by atoms with Gasteiger partial charge in [-0.1, -0.05) is 0 Å². The maximum atomic E-state index is 11.2. The molecule has 0 amide bonds. The molecule has 21 heavy (non-hydrogen) atoms. The Labute approximate surface area is 123 Å². The lowest BCUT2D eigenvalue weighted by Gasteiger charge is -1.97. The van der Waals surface area contributed by atoms with E-state index in [1.807, 2.05) is 24.3 Å². The van der Waals surface area contributed by atoms with Crippen molar-refractivity contribution >= 4 is 29.3 Å². The van der Waals surface area contributed by atoms with Crippen molar-refractivity contribution in [2.24, 2.45) is 0 Å². The Morgan fingerprint density at radius 2 is 1.33 bits per heavy atom. The fraction of sp³-hybridized carbons (Fsp3) is 0.118. The number of benzene rings is 2. The van der Waals surface area contributed by atoms with Crippen molar-refractivity contribution in [3.63, 3.8) is 0 Å². The molecule has 0 aliphatic heterocycles. The highest BCUT2D eigenvalue weighted by Crippen LogP contribution is 2.08. The molecule has 0 unspecified atom stereocenters. The van der Waals surface area contributed by atoms with Gasteiger partial charge >= 0.3 is 0 Å². The maximum Gasteiger partial charge on any atom is 0.240 e. The van der Waals surface area contributed by atoms with Crippen LogP contribution in [0.1, 0.15) is 34.6 Å². The van der Waals surface area contributed by atoms with Gasteiger partial charge in [-0.15, -0.1) is 0 Å². The number of Topliss-reactive ketones (excluding diaryl/α,β-unsaturated/α-hetero) is 2. The first kappa shape index (κ1) is 14.7. The summed E-state index contributed by atoms with van der Waals surface area (Å²) in [6.45, 7) is 3.08. The standard InChI is InChI=1S/C17H16N2O2/c1-12(20)14-3-7-16(8-4-14)18-11-19-17-9-5-15(6-10-17)13(2)21/h3-11H,1-2H3,(H,18,19)/p+1. The van der Waals surface area contributed by atoms with Gasteiger partial charge in [0.05, 0.1) is 0 Å². The third kappa shape index (κ3) is 4.11. The summed E-state index contributed by atoms with van der Waals surface area (Å²) in [6.07, 6.45) is 1.70. The third-order valence-electron chi connectivity index (χ3n) is 3.06. The van der Waals surface area contributed by atoms with Crippen LogP contribution in [0.5, 0.6) is 0 Å². The molecule has 0 spiro atoms. The molecule has 0 aliphatic carbocycles. The van der Waals surface area contributed by atoms with E-state index in [4.69, 9.17) is 0 Å². The minimum absolute atomic E-state index is 0.0502. The van der Waals surface area contributed by atoms with Gasteiger partial charge in [0.25, 0.3) is 0 Å². The van der Waals surface area contributed by atoms with E-state index >= 15 is 0 Å². The summed E-state index contributed by atoms with van der Waals surface area (Å²) in [5, 5.41) is 3.08. The van der Waals surface area contributed by atoms with Crippen LogP contribution in [0.15, 0.2) is 48.5 Å². The smallest absolute Gasteiger partial charge is 0.240 e. The summed E-state index contributed by atoms with van der Waals surface area (Å²) in [6, 6.07) is 14.5. The van der Waals surface area contributed by atoms with Gasteiger partial charge in [0, 0.05) is 11.1 Å². The zero-order valence-electron chi connectivity index (χ0n) is 12.0. The molecule has 2 aromatic rings.